The van der Waals surface area contributed by atoms with Crippen LogP contribution in [0.5, 0.6) is 11.5 Å². The fourth-order valence-corrected chi connectivity index (χ4v) is 6.08. The number of rotatable bonds is 13. The molecule has 0 amide bonds. The Bertz CT molecular complexity index is 1130. The van der Waals surface area contributed by atoms with Gasteiger partial charge in [-0.2, -0.15) is 0 Å². The molecule has 2 fully saturated rings. The van der Waals surface area contributed by atoms with Gasteiger partial charge in [-0.15, -0.1) is 0 Å². The molecule has 0 spiro atoms. The normalized spacial score (nSPS) is 28.0. The Morgan fingerprint density at radius 3 is 1.74 bits per heavy atom. The van der Waals surface area contributed by atoms with Crippen molar-refractivity contribution < 1.29 is 39.4 Å². The third-order valence-corrected chi connectivity index (χ3v) is 8.47. The van der Waals surface area contributed by atoms with Crippen molar-refractivity contribution in [2.24, 2.45) is 0 Å². The van der Waals surface area contributed by atoms with Gasteiger partial charge in [0.1, 0.15) is 11.5 Å². The summed E-state index contributed by atoms with van der Waals surface area (Å²) >= 11 is 12.3. The predicted octanol–water partition coefficient (Wildman–Crippen LogP) is 7.33. The van der Waals surface area contributed by atoms with E-state index < -0.39 is 18.7 Å². The molecular formula is C32H44Cl2O8. The quantitative estimate of drug-likeness (QED) is 0.182. The average molecular weight is 628 g/mol. The van der Waals surface area contributed by atoms with Crippen molar-refractivity contribution in [1.82, 2.24) is 0 Å². The van der Waals surface area contributed by atoms with E-state index in [-0.39, 0.29) is 42.0 Å². The van der Waals surface area contributed by atoms with E-state index in [1.54, 1.807) is 37.3 Å². The molecule has 0 aliphatic carbocycles. The van der Waals surface area contributed by atoms with Gasteiger partial charge in [0.15, 0.2) is 12.6 Å². The smallest absolute Gasteiger partial charge is 0.188 e. The molecule has 42 heavy (non-hydrogen) atoms. The number of benzene rings is 2. The number of hydrogen-bond acceptors (Lipinski definition) is 8. The molecule has 0 aromatic heterocycles. The zero-order chi connectivity index (χ0) is 30.2. The molecule has 0 bridgehead atoms. The minimum Gasteiger partial charge on any atom is -0.507 e. The lowest BCUT2D eigenvalue weighted by Gasteiger charge is -2.37. The molecular weight excluding hydrogens is 583 g/mol. The first kappa shape index (κ1) is 33.3. The molecule has 0 saturated carbocycles. The molecule has 7 unspecified atom stereocenters. The van der Waals surface area contributed by atoms with Crippen LogP contribution in [0.4, 0.5) is 0 Å². The predicted molar refractivity (Wildman–Crippen MR) is 161 cm³/mol. The summed E-state index contributed by atoms with van der Waals surface area (Å²) in [5.74, 6) is 0.125. The van der Waals surface area contributed by atoms with Crippen molar-refractivity contribution in [3.8, 4) is 11.5 Å². The van der Waals surface area contributed by atoms with Crippen molar-refractivity contribution in [1.29, 1.82) is 0 Å². The van der Waals surface area contributed by atoms with E-state index in [1.807, 2.05) is 0 Å². The maximum absolute atomic E-state index is 11.0. The third kappa shape index (κ3) is 9.69. The molecule has 2 saturated heterocycles. The van der Waals surface area contributed by atoms with Gasteiger partial charge in [0.05, 0.1) is 47.8 Å². The van der Waals surface area contributed by atoms with Gasteiger partial charge in [-0.1, -0.05) is 30.1 Å². The Hall–Kier alpha value is -1.62. The van der Waals surface area contributed by atoms with Crippen LogP contribution in [0.1, 0.15) is 102 Å². The molecule has 4 rings (SSSR count). The maximum atomic E-state index is 11.0. The number of halogens is 2. The molecule has 234 valence electrons. The second-order valence-electron chi connectivity index (χ2n) is 11.6. The lowest BCUT2D eigenvalue weighted by Crippen LogP contribution is -2.36. The SMILES string of the molecule is CCC1CC(CCCC(O)CC2CC(CCC[C@H](C)O)OC(c3cc(Cl)ccc3O)O2)OC(c2cc(Cl)ccc2O)O1. The fraction of sp³-hybridized carbons (Fsp3) is 0.625. The monoisotopic (exact) mass is 626 g/mol. The van der Waals surface area contributed by atoms with Gasteiger partial charge in [-0.3, -0.25) is 0 Å². The second kappa shape index (κ2) is 15.9. The molecule has 2 aromatic rings. The summed E-state index contributed by atoms with van der Waals surface area (Å²) in [5, 5.41) is 42.4. The highest BCUT2D eigenvalue weighted by molar-refractivity contribution is 6.31. The van der Waals surface area contributed by atoms with Crippen LogP contribution >= 0.6 is 23.2 Å². The number of aliphatic hydroxyl groups is 2. The molecule has 2 heterocycles. The molecule has 4 N–H and O–H groups in total. The molecule has 8 atom stereocenters. The number of aliphatic hydroxyl groups excluding tert-OH is 2. The second-order valence-corrected chi connectivity index (χ2v) is 12.5. The van der Waals surface area contributed by atoms with Gasteiger partial charge >= 0.3 is 0 Å². The van der Waals surface area contributed by atoms with Crippen LogP contribution in [0, 0.1) is 0 Å². The van der Waals surface area contributed by atoms with Gasteiger partial charge < -0.3 is 39.4 Å². The zero-order valence-corrected chi connectivity index (χ0v) is 25.8. The number of hydrogen-bond donors (Lipinski definition) is 4. The summed E-state index contributed by atoms with van der Waals surface area (Å²) < 4.78 is 24.7. The largest absolute Gasteiger partial charge is 0.507 e. The van der Waals surface area contributed by atoms with Crippen molar-refractivity contribution in [3.63, 3.8) is 0 Å². The van der Waals surface area contributed by atoms with Crippen LogP contribution < -0.4 is 0 Å². The summed E-state index contributed by atoms with van der Waals surface area (Å²) in [6.07, 6.45) is 3.92. The van der Waals surface area contributed by atoms with Gasteiger partial charge in [0, 0.05) is 22.9 Å². The topological polar surface area (TPSA) is 118 Å². The molecule has 8 nitrogen and oxygen atoms in total. The van der Waals surface area contributed by atoms with E-state index in [2.05, 4.69) is 6.92 Å². The Balaban J connectivity index is 1.32. The van der Waals surface area contributed by atoms with E-state index in [0.717, 1.165) is 38.5 Å². The van der Waals surface area contributed by atoms with E-state index in [1.165, 1.54) is 6.07 Å². The van der Waals surface area contributed by atoms with Gasteiger partial charge in [0.25, 0.3) is 0 Å². The summed E-state index contributed by atoms with van der Waals surface area (Å²) in [6.45, 7) is 3.83. The van der Waals surface area contributed by atoms with Crippen molar-refractivity contribution >= 4 is 23.2 Å². The number of phenols is 2. The van der Waals surface area contributed by atoms with Crippen LogP contribution in [0.25, 0.3) is 0 Å². The van der Waals surface area contributed by atoms with Crippen LogP contribution in [-0.4, -0.2) is 57.0 Å². The molecule has 0 radical (unpaired) electrons. The summed E-state index contributed by atoms with van der Waals surface area (Å²) in [4.78, 5) is 0. The molecule has 2 aliphatic rings. The molecule has 2 aromatic carbocycles. The maximum Gasteiger partial charge on any atom is 0.188 e. The van der Waals surface area contributed by atoms with Crippen LogP contribution in [0.15, 0.2) is 36.4 Å². The highest BCUT2D eigenvalue weighted by Gasteiger charge is 2.34. The Morgan fingerprint density at radius 2 is 1.21 bits per heavy atom. The summed E-state index contributed by atoms with van der Waals surface area (Å²) in [7, 11) is 0. The van der Waals surface area contributed by atoms with E-state index in [9.17, 15) is 20.4 Å². The first-order valence-electron chi connectivity index (χ1n) is 15.1. The van der Waals surface area contributed by atoms with Crippen molar-refractivity contribution in [3.05, 3.63) is 57.6 Å². The number of phenolic OH excluding ortho intramolecular Hbond substituents is 2. The lowest BCUT2D eigenvalue weighted by atomic mass is 9.96. The van der Waals surface area contributed by atoms with Crippen LogP contribution in [-0.2, 0) is 18.9 Å². The summed E-state index contributed by atoms with van der Waals surface area (Å²) in [5.41, 5.74) is 0.982. The highest BCUT2D eigenvalue weighted by Crippen LogP contribution is 2.40. The fourth-order valence-electron chi connectivity index (χ4n) is 5.72. The Labute approximate surface area is 258 Å². The number of ether oxygens (including phenoxy) is 4. The van der Waals surface area contributed by atoms with Gasteiger partial charge in [-0.05, 0) is 94.7 Å². The lowest BCUT2D eigenvalue weighted by molar-refractivity contribution is -0.254. The minimum atomic E-state index is -0.798. The van der Waals surface area contributed by atoms with E-state index in [0.29, 0.717) is 46.9 Å². The zero-order valence-electron chi connectivity index (χ0n) is 24.3. The molecule has 2 aliphatic heterocycles. The van der Waals surface area contributed by atoms with Gasteiger partial charge in [0.2, 0.25) is 0 Å². The Morgan fingerprint density at radius 1 is 0.738 bits per heavy atom. The molecule has 10 heteroatoms. The van der Waals surface area contributed by atoms with Crippen LogP contribution in [0.2, 0.25) is 10.0 Å². The van der Waals surface area contributed by atoms with Crippen LogP contribution in [0.3, 0.4) is 0 Å². The standard InChI is InChI=1S/C32H44Cl2O8/c1-3-23-17-24(40-31(39-23)27-14-20(33)10-12-29(27)37)9-5-7-22(36)16-26-18-25(8-4-6-19(2)35)41-32(42-26)28-15-21(34)11-13-30(28)38/h10-15,19,22-26,31-32,35-38H,3-9,16-18H2,1-2H3/t19-,22?,23?,24?,25?,26?,31?,32?/m0/s1. The average Bonchev–Trinajstić information content (AvgIpc) is 2.95. The first-order chi connectivity index (χ1) is 20.1. The van der Waals surface area contributed by atoms with Crippen molar-refractivity contribution in [2.75, 3.05) is 0 Å². The number of aromatic hydroxyl groups is 2. The van der Waals surface area contributed by atoms with Gasteiger partial charge in [-0.25, -0.2) is 0 Å². The Kier molecular flexibility index (Phi) is 12.6. The van der Waals surface area contributed by atoms with E-state index >= 15 is 0 Å². The van der Waals surface area contributed by atoms with Crippen molar-refractivity contribution in [2.45, 2.75) is 127 Å². The van der Waals surface area contributed by atoms with E-state index in [4.69, 9.17) is 42.1 Å². The third-order valence-electron chi connectivity index (χ3n) is 8.00. The minimum absolute atomic E-state index is 0.00159. The highest BCUT2D eigenvalue weighted by atomic mass is 35.5. The summed E-state index contributed by atoms with van der Waals surface area (Å²) in [6, 6.07) is 9.60. The first-order valence-corrected chi connectivity index (χ1v) is 15.8.